The first-order valence-corrected chi connectivity index (χ1v) is 5.41. The molecular weight excluding hydrogens is 204 g/mol. The van der Waals surface area contributed by atoms with Gasteiger partial charge in [-0.2, -0.15) is 0 Å². The van der Waals surface area contributed by atoms with E-state index in [-0.39, 0.29) is 11.3 Å². The fraction of sp³-hybridized carbons (Fsp3) is 0.333. The zero-order valence-electron chi connectivity index (χ0n) is 9.00. The average Bonchev–Trinajstić information content (AvgIpc) is 2.64. The Balaban J connectivity index is 2.51. The standard InChI is InChI=1S/C12H12N2O2/c1-6-7-3-2-4-8(7)13-12-11(6)9(15)5-10(16)14-12/h5H,2-4H2,1H3,(H2,13,14,15,16). The molecule has 2 N–H and O–H groups in total. The molecule has 0 saturated heterocycles. The van der Waals surface area contributed by atoms with Crippen LogP contribution in [0.2, 0.25) is 0 Å². The molecule has 3 rings (SSSR count). The van der Waals surface area contributed by atoms with Gasteiger partial charge >= 0.3 is 0 Å². The highest BCUT2D eigenvalue weighted by Crippen LogP contribution is 2.31. The lowest BCUT2D eigenvalue weighted by Crippen LogP contribution is -2.06. The van der Waals surface area contributed by atoms with Crippen molar-refractivity contribution in [2.45, 2.75) is 26.2 Å². The highest BCUT2D eigenvalue weighted by atomic mass is 16.3. The SMILES string of the molecule is Cc1c2c(nc3[nH]c(=O)cc(O)c13)CCC2. The van der Waals surface area contributed by atoms with E-state index in [2.05, 4.69) is 9.97 Å². The summed E-state index contributed by atoms with van der Waals surface area (Å²) in [5, 5.41) is 10.5. The fourth-order valence-corrected chi connectivity index (χ4v) is 2.53. The van der Waals surface area contributed by atoms with Gasteiger partial charge in [0.05, 0.1) is 5.39 Å². The minimum atomic E-state index is -0.310. The summed E-state index contributed by atoms with van der Waals surface area (Å²) in [5.74, 6) is 0.0263. The number of pyridine rings is 2. The summed E-state index contributed by atoms with van der Waals surface area (Å²) in [6.45, 7) is 1.98. The summed E-state index contributed by atoms with van der Waals surface area (Å²) in [5.41, 5.74) is 3.53. The van der Waals surface area contributed by atoms with Crippen molar-refractivity contribution in [1.82, 2.24) is 9.97 Å². The summed E-state index contributed by atoms with van der Waals surface area (Å²) in [6.07, 6.45) is 3.08. The van der Waals surface area contributed by atoms with Crippen molar-refractivity contribution in [1.29, 1.82) is 0 Å². The monoisotopic (exact) mass is 216 g/mol. The van der Waals surface area contributed by atoms with Gasteiger partial charge in [0.1, 0.15) is 11.4 Å². The maximum atomic E-state index is 11.3. The van der Waals surface area contributed by atoms with Crippen LogP contribution in [0.5, 0.6) is 5.75 Å². The zero-order chi connectivity index (χ0) is 11.3. The van der Waals surface area contributed by atoms with Crippen LogP contribution in [-0.2, 0) is 12.8 Å². The molecule has 4 nitrogen and oxygen atoms in total. The molecule has 0 radical (unpaired) electrons. The molecule has 1 aliphatic rings. The largest absolute Gasteiger partial charge is 0.507 e. The molecule has 0 aliphatic heterocycles. The molecule has 0 unspecified atom stereocenters. The van der Waals surface area contributed by atoms with E-state index in [9.17, 15) is 9.90 Å². The van der Waals surface area contributed by atoms with Crippen LogP contribution in [0, 0.1) is 6.92 Å². The van der Waals surface area contributed by atoms with Crippen molar-refractivity contribution in [2.24, 2.45) is 0 Å². The van der Waals surface area contributed by atoms with Gasteiger partial charge in [0.2, 0.25) is 0 Å². The van der Waals surface area contributed by atoms with Gasteiger partial charge < -0.3 is 10.1 Å². The van der Waals surface area contributed by atoms with Crippen LogP contribution in [0.3, 0.4) is 0 Å². The Labute approximate surface area is 92.0 Å². The number of fused-ring (bicyclic) bond motifs is 2. The van der Waals surface area contributed by atoms with Crippen LogP contribution in [0.25, 0.3) is 11.0 Å². The molecule has 1 aliphatic carbocycles. The second-order valence-corrected chi connectivity index (χ2v) is 4.26. The quantitative estimate of drug-likeness (QED) is 0.700. The Morgan fingerprint density at radius 2 is 2.25 bits per heavy atom. The van der Waals surface area contributed by atoms with E-state index in [1.807, 2.05) is 6.92 Å². The number of aryl methyl sites for hydroxylation is 2. The van der Waals surface area contributed by atoms with Crippen molar-refractivity contribution in [2.75, 3.05) is 0 Å². The number of nitrogens with zero attached hydrogens (tertiary/aromatic N) is 1. The molecule has 0 fully saturated rings. The van der Waals surface area contributed by atoms with E-state index in [1.54, 1.807) is 0 Å². The second kappa shape index (κ2) is 3.07. The van der Waals surface area contributed by atoms with Crippen LogP contribution in [0.4, 0.5) is 0 Å². The van der Waals surface area contributed by atoms with Crippen LogP contribution >= 0.6 is 0 Å². The van der Waals surface area contributed by atoms with Gasteiger partial charge in [-0.3, -0.25) is 4.79 Å². The van der Waals surface area contributed by atoms with E-state index < -0.39 is 0 Å². The van der Waals surface area contributed by atoms with Crippen molar-refractivity contribution in [3.8, 4) is 5.75 Å². The number of aromatic amines is 1. The summed E-state index contributed by atoms with van der Waals surface area (Å²) < 4.78 is 0. The average molecular weight is 216 g/mol. The summed E-state index contributed by atoms with van der Waals surface area (Å²) in [6, 6.07) is 1.21. The summed E-state index contributed by atoms with van der Waals surface area (Å²) >= 11 is 0. The van der Waals surface area contributed by atoms with E-state index in [0.717, 1.165) is 30.5 Å². The number of nitrogens with one attached hydrogen (secondary N) is 1. The number of hydrogen-bond acceptors (Lipinski definition) is 3. The van der Waals surface area contributed by atoms with Crippen molar-refractivity contribution in [3.05, 3.63) is 33.2 Å². The Morgan fingerprint density at radius 3 is 3.06 bits per heavy atom. The topological polar surface area (TPSA) is 66.0 Å². The van der Waals surface area contributed by atoms with Crippen LogP contribution in [-0.4, -0.2) is 15.1 Å². The first-order valence-electron chi connectivity index (χ1n) is 5.41. The first kappa shape index (κ1) is 9.39. The molecule has 0 saturated carbocycles. The number of aromatic hydroxyl groups is 1. The van der Waals surface area contributed by atoms with E-state index in [0.29, 0.717) is 11.0 Å². The molecule has 2 aromatic rings. The Kier molecular flexibility index (Phi) is 1.80. The molecule has 2 heterocycles. The van der Waals surface area contributed by atoms with E-state index >= 15 is 0 Å². The number of hydrogen-bond donors (Lipinski definition) is 2. The molecule has 4 heteroatoms. The molecule has 0 atom stereocenters. The second-order valence-electron chi connectivity index (χ2n) is 4.26. The van der Waals surface area contributed by atoms with Gasteiger partial charge in [-0.05, 0) is 37.3 Å². The lowest BCUT2D eigenvalue weighted by atomic mass is 10.0. The van der Waals surface area contributed by atoms with Gasteiger partial charge in [-0.25, -0.2) is 4.98 Å². The Morgan fingerprint density at radius 1 is 1.44 bits per heavy atom. The van der Waals surface area contributed by atoms with Crippen molar-refractivity contribution >= 4 is 11.0 Å². The van der Waals surface area contributed by atoms with Crippen LogP contribution in [0.15, 0.2) is 10.9 Å². The highest BCUT2D eigenvalue weighted by Gasteiger charge is 2.19. The fourth-order valence-electron chi connectivity index (χ4n) is 2.53. The first-order chi connectivity index (χ1) is 7.66. The molecule has 82 valence electrons. The number of H-pyrrole nitrogens is 1. The van der Waals surface area contributed by atoms with E-state index in [4.69, 9.17) is 0 Å². The lowest BCUT2D eigenvalue weighted by molar-refractivity contribution is 0.480. The molecule has 16 heavy (non-hydrogen) atoms. The third-order valence-corrected chi connectivity index (χ3v) is 3.27. The lowest BCUT2D eigenvalue weighted by Gasteiger charge is -2.08. The highest BCUT2D eigenvalue weighted by molar-refractivity contribution is 5.86. The van der Waals surface area contributed by atoms with Gasteiger partial charge in [0.15, 0.2) is 0 Å². The zero-order valence-corrected chi connectivity index (χ0v) is 9.00. The van der Waals surface area contributed by atoms with Gasteiger partial charge in [-0.1, -0.05) is 0 Å². The molecule has 2 aromatic heterocycles. The van der Waals surface area contributed by atoms with Crippen LogP contribution < -0.4 is 5.56 Å². The predicted octanol–water partition coefficient (Wildman–Crippen LogP) is 1.43. The number of rotatable bonds is 0. The van der Waals surface area contributed by atoms with E-state index in [1.165, 1.54) is 11.6 Å². The summed E-state index contributed by atoms with van der Waals surface area (Å²) in [4.78, 5) is 18.4. The normalized spacial score (nSPS) is 14.3. The van der Waals surface area contributed by atoms with Crippen LogP contribution in [0.1, 0.15) is 23.2 Å². The predicted molar refractivity (Wildman–Crippen MR) is 60.8 cm³/mol. The minimum absolute atomic E-state index is 0.0263. The molecule has 0 spiro atoms. The Hall–Kier alpha value is -1.84. The third-order valence-electron chi connectivity index (χ3n) is 3.27. The van der Waals surface area contributed by atoms with Crippen molar-refractivity contribution < 1.29 is 5.11 Å². The number of aromatic nitrogens is 2. The smallest absolute Gasteiger partial charge is 0.253 e. The maximum Gasteiger partial charge on any atom is 0.253 e. The van der Waals surface area contributed by atoms with Crippen molar-refractivity contribution in [3.63, 3.8) is 0 Å². The van der Waals surface area contributed by atoms with Gasteiger partial charge in [0.25, 0.3) is 5.56 Å². The molecule has 0 aromatic carbocycles. The maximum absolute atomic E-state index is 11.3. The minimum Gasteiger partial charge on any atom is -0.507 e. The van der Waals surface area contributed by atoms with Gasteiger partial charge in [0, 0.05) is 11.8 Å². The third kappa shape index (κ3) is 1.16. The molecular formula is C12H12N2O2. The summed E-state index contributed by atoms with van der Waals surface area (Å²) in [7, 11) is 0. The molecule has 0 bridgehead atoms. The Bertz CT molecular complexity index is 643. The molecule has 0 amide bonds. The van der Waals surface area contributed by atoms with Gasteiger partial charge in [-0.15, -0.1) is 0 Å².